The summed E-state index contributed by atoms with van der Waals surface area (Å²) in [6.45, 7) is 2.19. The number of imidazole rings is 1. The molecule has 2 aromatic heterocycles. The summed E-state index contributed by atoms with van der Waals surface area (Å²) in [6.07, 6.45) is 6.40. The van der Waals surface area contributed by atoms with E-state index in [1.165, 1.54) is 29.3 Å². The number of unbranched alkanes of at least 4 members (excludes halogenated alkanes) is 2. The fraction of sp³-hybridized carbons (Fsp3) is 0.333. The Morgan fingerprint density at radius 1 is 1.22 bits per heavy atom. The molecule has 0 aliphatic carbocycles. The summed E-state index contributed by atoms with van der Waals surface area (Å²) in [5, 5.41) is 9.19. The van der Waals surface area contributed by atoms with Crippen molar-refractivity contribution in [3.63, 3.8) is 0 Å². The van der Waals surface area contributed by atoms with Crippen molar-refractivity contribution in [2.45, 2.75) is 36.9 Å². The maximum atomic E-state index is 11.4. The van der Waals surface area contributed by atoms with Crippen molar-refractivity contribution < 1.29 is 8.42 Å². The van der Waals surface area contributed by atoms with E-state index in [-0.39, 0.29) is 4.34 Å². The Hall–Kier alpha value is -1.77. The predicted molar refractivity (Wildman–Crippen MR) is 90.9 cm³/mol. The molecule has 0 saturated carbocycles. The molecule has 0 saturated heterocycles. The lowest BCUT2D eigenvalue weighted by atomic mass is 10.0. The quantitative estimate of drug-likeness (QED) is 0.692. The SMILES string of the molecule is CCCCCc1ccc(-c2cnc3sc(S(N)(=O)=O)nn23)cc1. The van der Waals surface area contributed by atoms with Crippen molar-refractivity contribution in [3.8, 4) is 11.3 Å². The molecule has 0 aliphatic heterocycles. The zero-order valence-corrected chi connectivity index (χ0v) is 14.4. The molecule has 122 valence electrons. The first-order chi connectivity index (χ1) is 11.0. The van der Waals surface area contributed by atoms with Gasteiger partial charge in [-0.05, 0) is 18.4 Å². The lowest BCUT2D eigenvalue weighted by Crippen LogP contribution is -2.12. The van der Waals surface area contributed by atoms with E-state index in [2.05, 4.69) is 29.1 Å². The van der Waals surface area contributed by atoms with Crippen LogP contribution in [0, 0.1) is 0 Å². The average Bonchev–Trinajstić information content (AvgIpc) is 3.08. The zero-order valence-electron chi connectivity index (χ0n) is 12.8. The van der Waals surface area contributed by atoms with Gasteiger partial charge in [0.1, 0.15) is 0 Å². The maximum Gasteiger partial charge on any atom is 0.267 e. The molecule has 3 rings (SSSR count). The minimum absolute atomic E-state index is 0.127. The van der Waals surface area contributed by atoms with Crippen LogP contribution in [-0.4, -0.2) is 23.0 Å². The molecular weight excluding hydrogens is 332 g/mol. The number of sulfonamides is 1. The van der Waals surface area contributed by atoms with Crippen LogP contribution in [0.3, 0.4) is 0 Å². The molecule has 8 heteroatoms. The van der Waals surface area contributed by atoms with E-state index in [1.807, 2.05) is 12.1 Å². The van der Waals surface area contributed by atoms with Gasteiger partial charge in [-0.25, -0.2) is 23.1 Å². The molecule has 0 aliphatic rings. The van der Waals surface area contributed by atoms with Crippen LogP contribution in [0.5, 0.6) is 0 Å². The second-order valence-corrected chi connectivity index (χ2v) is 8.10. The molecule has 23 heavy (non-hydrogen) atoms. The number of aromatic nitrogens is 3. The normalized spacial score (nSPS) is 12.1. The number of nitrogens with two attached hydrogens (primary N) is 1. The summed E-state index contributed by atoms with van der Waals surface area (Å²) < 4.78 is 24.2. The largest absolute Gasteiger partial charge is 0.267 e. The topological polar surface area (TPSA) is 90.3 Å². The number of aryl methyl sites for hydroxylation is 1. The van der Waals surface area contributed by atoms with Crippen LogP contribution in [0.4, 0.5) is 0 Å². The van der Waals surface area contributed by atoms with Crippen molar-refractivity contribution in [2.75, 3.05) is 0 Å². The lowest BCUT2D eigenvalue weighted by Gasteiger charge is -2.03. The van der Waals surface area contributed by atoms with Crippen LogP contribution < -0.4 is 5.14 Å². The van der Waals surface area contributed by atoms with Crippen LogP contribution in [0.15, 0.2) is 34.8 Å². The standard InChI is InChI=1S/C15H18N4O2S2/c1-2-3-4-5-11-6-8-12(9-7-11)13-10-17-14-19(13)18-15(22-14)23(16,20)21/h6-10H,2-5H2,1H3,(H2,16,20,21). The smallest absolute Gasteiger partial charge is 0.225 e. The van der Waals surface area contributed by atoms with Gasteiger partial charge in [0.2, 0.25) is 9.30 Å². The number of fused-ring (bicyclic) bond motifs is 1. The van der Waals surface area contributed by atoms with Crippen molar-refractivity contribution in [3.05, 3.63) is 36.0 Å². The molecule has 3 aromatic rings. The molecule has 2 N–H and O–H groups in total. The summed E-state index contributed by atoms with van der Waals surface area (Å²) in [5.41, 5.74) is 3.00. The molecule has 0 radical (unpaired) electrons. The Morgan fingerprint density at radius 2 is 1.96 bits per heavy atom. The molecule has 0 spiro atoms. The monoisotopic (exact) mass is 350 g/mol. The zero-order chi connectivity index (χ0) is 16.4. The Bertz CT molecular complexity index is 911. The Morgan fingerprint density at radius 3 is 2.61 bits per heavy atom. The van der Waals surface area contributed by atoms with Gasteiger partial charge in [0, 0.05) is 5.56 Å². The fourth-order valence-corrected chi connectivity index (χ4v) is 3.90. The van der Waals surface area contributed by atoms with E-state index in [0.717, 1.165) is 29.0 Å². The number of benzene rings is 1. The van der Waals surface area contributed by atoms with E-state index in [0.29, 0.717) is 4.96 Å². The molecular formula is C15H18N4O2S2. The van der Waals surface area contributed by atoms with E-state index < -0.39 is 10.0 Å². The van der Waals surface area contributed by atoms with Crippen molar-refractivity contribution in [2.24, 2.45) is 5.14 Å². The molecule has 6 nitrogen and oxygen atoms in total. The van der Waals surface area contributed by atoms with Crippen LogP contribution in [0.1, 0.15) is 31.7 Å². The molecule has 0 amide bonds. The first-order valence-corrected chi connectivity index (χ1v) is 9.82. The lowest BCUT2D eigenvalue weighted by molar-refractivity contribution is 0.595. The third-order valence-electron chi connectivity index (χ3n) is 3.63. The minimum Gasteiger partial charge on any atom is -0.225 e. The van der Waals surface area contributed by atoms with E-state index in [4.69, 9.17) is 5.14 Å². The van der Waals surface area contributed by atoms with E-state index >= 15 is 0 Å². The van der Waals surface area contributed by atoms with E-state index in [1.54, 1.807) is 6.20 Å². The van der Waals surface area contributed by atoms with Gasteiger partial charge in [0.05, 0.1) is 11.9 Å². The second-order valence-electron chi connectivity index (χ2n) is 5.40. The minimum atomic E-state index is -3.81. The summed E-state index contributed by atoms with van der Waals surface area (Å²) in [7, 11) is -3.81. The van der Waals surface area contributed by atoms with Gasteiger partial charge in [-0.15, -0.1) is 5.10 Å². The van der Waals surface area contributed by atoms with Crippen molar-refractivity contribution in [1.29, 1.82) is 0 Å². The third-order valence-corrected chi connectivity index (χ3v) is 5.86. The molecule has 1 aromatic carbocycles. The highest BCUT2D eigenvalue weighted by molar-refractivity contribution is 7.91. The third kappa shape index (κ3) is 3.44. The number of hydrogen-bond donors (Lipinski definition) is 1. The van der Waals surface area contributed by atoms with Crippen LogP contribution in [-0.2, 0) is 16.4 Å². The van der Waals surface area contributed by atoms with Crippen molar-refractivity contribution in [1.82, 2.24) is 14.6 Å². The Kier molecular flexibility index (Phi) is 4.47. The fourth-order valence-electron chi connectivity index (χ4n) is 2.41. The number of hydrogen-bond acceptors (Lipinski definition) is 5. The van der Waals surface area contributed by atoms with Gasteiger partial charge < -0.3 is 0 Å². The Labute approximate surface area is 139 Å². The first kappa shape index (κ1) is 16.1. The average molecular weight is 350 g/mol. The number of primary sulfonamides is 1. The highest BCUT2D eigenvalue weighted by atomic mass is 32.2. The van der Waals surface area contributed by atoms with E-state index in [9.17, 15) is 8.42 Å². The highest BCUT2D eigenvalue weighted by Gasteiger charge is 2.18. The van der Waals surface area contributed by atoms with Gasteiger partial charge in [0.25, 0.3) is 10.0 Å². The Balaban J connectivity index is 1.89. The van der Waals surface area contributed by atoms with Gasteiger partial charge in [-0.2, -0.15) is 0 Å². The van der Waals surface area contributed by atoms with Crippen LogP contribution in [0.25, 0.3) is 16.2 Å². The molecule has 2 heterocycles. The number of rotatable bonds is 6. The summed E-state index contributed by atoms with van der Waals surface area (Å²) in [4.78, 5) is 4.72. The van der Waals surface area contributed by atoms with Crippen LogP contribution >= 0.6 is 11.3 Å². The van der Waals surface area contributed by atoms with Crippen LogP contribution in [0.2, 0.25) is 0 Å². The molecule has 0 fully saturated rings. The summed E-state index contributed by atoms with van der Waals surface area (Å²) in [6, 6.07) is 8.22. The molecule has 0 unspecified atom stereocenters. The molecule has 0 bridgehead atoms. The number of nitrogens with zero attached hydrogens (tertiary/aromatic N) is 3. The predicted octanol–water partition coefficient (Wildman–Crippen LogP) is 2.84. The van der Waals surface area contributed by atoms with Gasteiger partial charge >= 0.3 is 0 Å². The first-order valence-electron chi connectivity index (χ1n) is 7.45. The summed E-state index contributed by atoms with van der Waals surface area (Å²) in [5.74, 6) is 0. The van der Waals surface area contributed by atoms with Crippen molar-refractivity contribution >= 4 is 26.3 Å². The van der Waals surface area contributed by atoms with Gasteiger partial charge in [-0.1, -0.05) is 55.4 Å². The van der Waals surface area contributed by atoms with Gasteiger partial charge in [-0.3, -0.25) is 0 Å². The van der Waals surface area contributed by atoms with Gasteiger partial charge in [0.15, 0.2) is 0 Å². The highest BCUT2D eigenvalue weighted by Crippen LogP contribution is 2.25. The summed E-state index contributed by atoms with van der Waals surface area (Å²) >= 11 is 0.964. The second kappa shape index (κ2) is 6.38. The molecule has 0 atom stereocenters. The maximum absolute atomic E-state index is 11.4.